The van der Waals surface area contributed by atoms with Gasteiger partial charge in [0.05, 0.1) is 66.8 Å². The van der Waals surface area contributed by atoms with Gasteiger partial charge >= 0.3 is 53.7 Å². The number of carboxylic acids is 2. The third-order valence-corrected chi connectivity index (χ3v) is 11.5. The molecule has 6 atom stereocenters. The summed E-state index contributed by atoms with van der Waals surface area (Å²) in [5.41, 5.74) is -1.09. The lowest BCUT2D eigenvalue weighted by Crippen LogP contribution is -2.39. The normalized spacial score (nSPS) is 14.6. The van der Waals surface area contributed by atoms with Gasteiger partial charge in [-0.05, 0) is 44.9 Å². The quantitative estimate of drug-likeness (QED) is 0.0291. The molecule has 0 radical (unpaired) electrons. The fourth-order valence-electron chi connectivity index (χ4n) is 6.23. The SMILES string of the molecule is CCC(C)C(=O)OCCNCCC(=O)OCC(CC)(COC(=O)CCNCCOC(=O)C(C)CC)COC(=O)CCNCCOC(=O)C(CC)CC(CC(CC(C)C(=O)OCCO)C(=O)O)C(=O)O. The molecule has 0 aliphatic rings. The van der Waals surface area contributed by atoms with Crippen LogP contribution in [0.3, 0.4) is 0 Å². The van der Waals surface area contributed by atoms with E-state index in [0.717, 1.165) is 0 Å². The highest BCUT2D eigenvalue weighted by Gasteiger charge is 2.35. The summed E-state index contributed by atoms with van der Waals surface area (Å²) >= 11 is 0. The van der Waals surface area contributed by atoms with E-state index in [1.807, 2.05) is 13.8 Å². The molecule has 6 unspecified atom stereocenters. The van der Waals surface area contributed by atoms with Gasteiger partial charge in [-0.1, -0.05) is 48.5 Å². The van der Waals surface area contributed by atoms with Crippen LogP contribution in [0.2, 0.25) is 0 Å². The zero-order valence-electron chi connectivity index (χ0n) is 41.8. The molecule has 0 fully saturated rings. The predicted molar refractivity (Wildman–Crippen MR) is 247 cm³/mol. The van der Waals surface area contributed by atoms with Crippen molar-refractivity contribution in [1.82, 2.24) is 16.0 Å². The van der Waals surface area contributed by atoms with Gasteiger partial charge in [0.25, 0.3) is 0 Å². The highest BCUT2D eigenvalue weighted by atomic mass is 16.6. The molecular weight excluding hydrogens is 911 g/mol. The summed E-state index contributed by atoms with van der Waals surface area (Å²) in [4.78, 5) is 111. The molecule has 6 N–H and O–H groups in total. The number of rotatable bonds is 42. The van der Waals surface area contributed by atoms with E-state index in [2.05, 4.69) is 16.0 Å². The second-order valence-corrected chi connectivity index (χ2v) is 17.1. The van der Waals surface area contributed by atoms with E-state index in [9.17, 15) is 53.4 Å². The average Bonchev–Trinajstić information content (AvgIpc) is 3.33. The van der Waals surface area contributed by atoms with Gasteiger partial charge in [0.1, 0.15) is 46.2 Å². The van der Waals surface area contributed by atoms with Crippen LogP contribution in [0.4, 0.5) is 0 Å². The monoisotopic (exact) mass is 992 g/mol. The van der Waals surface area contributed by atoms with Crippen molar-refractivity contribution >= 4 is 53.7 Å². The molecule has 22 heteroatoms. The first-order chi connectivity index (χ1) is 32.8. The number of hydrogen-bond donors (Lipinski definition) is 6. The van der Waals surface area contributed by atoms with Crippen molar-refractivity contribution in [3.8, 4) is 0 Å². The number of aliphatic hydroxyl groups is 1. The van der Waals surface area contributed by atoms with Crippen molar-refractivity contribution in [2.24, 2.45) is 40.9 Å². The first-order valence-corrected chi connectivity index (χ1v) is 24.1. The first kappa shape index (κ1) is 64.1. The Morgan fingerprint density at radius 3 is 1.13 bits per heavy atom. The van der Waals surface area contributed by atoms with Gasteiger partial charge < -0.3 is 64.4 Å². The van der Waals surface area contributed by atoms with E-state index in [1.54, 1.807) is 27.7 Å². The van der Waals surface area contributed by atoms with Gasteiger partial charge in [-0.3, -0.25) is 43.2 Å². The smallest absolute Gasteiger partial charge is 0.308 e. The zero-order valence-corrected chi connectivity index (χ0v) is 41.8. The van der Waals surface area contributed by atoms with Crippen LogP contribution in [0.1, 0.15) is 113 Å². The maximum absolute atomic E-state index is 12.9. The second-order valence-electron chi connectivity index (χ2n) is 17.1. The number of esters is 7. The Morgan fingerprint density at radius 1 is 0.435 bits per heavy atom. The maximum atomic E-state index is 12.9. The zero-order chi connectivity index (χ0) is 52.2. The van der Waals surface area contributed by atoms with Crippen LogP contribution in [-0.4, -0.2) is 161 Å². The molecule has 398 valence electrons. The Morgan fingerprint density at radius 2 is 0.783 bits per heavy atom. The standard InChI is InChI=1S/C47H81N3O19/c1-8-32(5)43(59)63-22-18-48-15-12-38(52)67-29-47(11-4,30-68-39(53)13-16-49-19-23-64-44(60)33(6)9-2)31-69-40(54)14-17-50-20-24-65-46(62)35(10-3)27-37(42(57)58)28-36(41(55)56)26-34(7)45(61)66-25-21-51/h32-37,48-51H,8-31H2,1-7H3,(H,55,56)(H,57,58). The summed E-state index contributed by atoms with van der Waals surface area (Å²) in [6.07, 6.45) is 0.965. The molecule has 0 bridgehead atoms. The van der Waals surface area contributed by atoms with Gasteiger partial charge in [-0.25, -0.2) is 0 Å². The van der Waals surface area contributed by atoms with Crippen molar-refractivity contribution in [3.63, 3.8) is 0 Å². The van der Waals surface area contributed by atoms with Crippen LogP contribution < -0.4 is 16.0 Å². The molecule has 22 nitrogen and oxygen atoms in total. The number of hydrogen-bond acceptors (Lipinski definition) is 20. The van der Waals surface area contributed by atoms with E-state index in [4.69, 9.17) is 38.3 Å². The molecule has 0 saturated carbocycles. The molecule has 0 aliphatic heterocycles. The summed E-state index contributed by atoms with van der Waals surface area (Å²) in [6.45, 7) is 12.4. The van der Waals surface area contributed by atoms with E-state index in [-0.39, 0.29) is 148 Å². The second kappa shape index (κ2) is 37.9. The number of ether oxygens (including phenoxy) is 7. The van der Waals surface area contributed by atoms with Crippen molar-refractivity contribution in [3.05, 3.63) is 0 Å². The van der Waals surface area contributed by atoms with Crippen LogP contribution in [0.15, 0.2) is 0 Å². The van der Waals surface area contributed by atoms with E-state index < -0.39 is 77.5 Å². The third kappa shape index (κ3) is 29.6. The Bertz CT molecular complexity index is 1510. The van der Waals surface area contributed by atoms with Crippen LogP contribution in [0.25, 0.3) is 0 Å². The Labute approximate surface area is 406 Å². The van der Waals surface area contributed by atoms with E-state index in [0.29, 0.717) is 25.9 Å². The number of aliphatic carboxylic acids is 2. The molecule has 0 spiro atoms. The first-order valence-electron chi connectivity index (χ1n) is 24.1. The van der Waals surface area contributed by atoms with Crippen molar-refractivity contribution < 1.29 is 91.6 Å². The Hall–Kier alpha value is -4.93. The van der Waals surface area contributed by atoms with Crippen LogP contribution >= 0.6 is 0 Å². The largest absolute Gasteiger partial charge is 0.481 e. The number of carboxylic acid groups (broad SMARTS) is 2. The fraction of sp³-hybridized carbons (Fsp3) is 0.809. The summed E-state index contributed by atoms with van der Waals surface area (Å²) in [6, 6.07) is 0. The molecule has 0 amide bonds. The van der Waals surface area contributed by atoms with E-state index >= 15 is 0 Å². The van der Waals surface area contributed by atoms with Gasteiger partial charge in [0.2, 0.25) is 0 Å². The highest BCUT2D eigenvalue weighted by Crippen LogP contribution is 2.28. The molecule has 0 aromatic carbocycles. The Balaban J connectivity index is 5.20. The van der Waals surface area contributed by atoms with Crippen LogP contribution in [0, 0.1) is 40.9 Å². The molecular formula is C47H81N3O19. The lowest BCUT2D eigenvalue weighted by Gasteiger charge is -2.31. The lowest BCUT2D eigenvalue weighted by atomic mass is 9.82. The van der Waals surface area contributed by atoms with Gasteiger partial charge in [0.15, 0.2) is 0 Å². The number of aliphatic hydroxyl groups excluding tert-OH is 1. The number of nitrogens with one attached hydrogen (secondary N) is 3. The third-order valence-electron chi connectivity index (χ3n) is 11.5. The van der Waals surface area contributed by atoms with Gasteiger partial charge in [-0.2, -0.15) is 0 Å². The summed E-state index contributed by atoms with van der Waals surface area (Å²) in [5.74, 6) is -10.9. The molecule has 69 heavy (non-hydrogen) atoms. The minimum atomic E-state index is -1.30. The van der Waals surface area contributed by atoms with Gasteiger partial charge in [0, 0.05) is 39.3 Å². The Kier molecular flexibility index (Phi) is 35.2. The number of carbonyl (C=O) groups excluding carboxylic acids is 7. The topological polar surface area (TPSA) is 315 Å². The van der Waals surface area contributed by atoms with Crippen LogP contribution in [-0.2, 0) is 76.3 Å². The van der Waals surface area contributed by atoms with Crippen molar-refractivity contribution in [2.75, 3.05) is 92.1 Å². The van der Waals surface area contributed by atoms with Crippen LogP contribution in [0.5, 0.6) is 0 Å². The molecule has 0 aromatic rings. The summed E-state index contributed by atoms with van der Waals surface area (Å²) < 4.78 is 37.3. The van der Waals surface area contributed by atoms with Crippen molar-refractivity contribution in [2.45, 2.75) is 113 Å². The molecule has 0 heterocycles. The molecule has 0 aliphatic carbocycles. The maximum Gasteiger partial charge on any atom is 0.308 e. The lowest BCUT2D eigenvalue weighted by molar-refractivity contribution is -0.163. The minimum absolute atomic E-state index is 0.0130. The average molecular weight is 992 g/mol. The van der Waals surface area contributed by atoms with Gasteiger partial charge in [-0.15, -0.1) is 0 Å². The molecule has 0 aromatic heterocycles. The fourth-order valence-corrected chi connectivity index (χ4v) is 6.23. The highest BCUT2D eigenvalue weighted by molar-refractivity contribution is 5.78. The minimum Gasteiger partial charge on any atom is -0.481 e. The summed E-state index contributed by atoms with van der Waals surface area (Å²) in [7, 11) is 0. The summed E-state index contributed by atoms with van der Waals surface area (Å²) in [5, 5.41) is 37.5. The molecule has 0 rings (SSSR count). The van der Waals surface area contributed by atoms with Crippen molar-refractivity contribution in [1.29, 1.82) is 0 Å². The molecule has 0 saturated heterocycles. The van der Waals surface area contributed by atoms with E-state index in [1.165, 1.54) is 6.92 Å². The predicted octanol–water partition coefficient (Wildman–Crippen LogP) is 2.44. The number of carbonyl (C=O) groups is 9.